The summed E-state index contributed by atoms with van der Waals surface area (Å²) in [5.41, 5.74) is 3.46. The summed E-state index contributed by atoms with van der Waals surface area (Å²) in [7, 11) is -5.93. The Morgan fingerprint density at radius 2 is 1.18 bits per heavy atom. The lowest BCUT2D eigenvalue weighted by Gasteiger charge is -2.19. The van der Waals surface area contributed by atoms with E-state index >= 15 is 0 Å². The molecule has 6 rings (SSSR count). The first kappa shape index (κ1) is 51.2. The van der Waals surface area contributed by atoms with Gasteiger partial charge in [0.2, 0.25) is 0 Å². The maximum absolute atomic E-state index is 14.5. The minimum absolute atomic E-state index is 0.00360. The van der Waals surface area contributed by atoms with Crippen LogP contribution in [0.25, 0.3) is 22.3 Å². The number of benzene rings is 2. The first-order valence-corrected chi connectivity index (χ1v) is 23.8. The number of hydrogen-bond acceptors (Lipinski definition) is 11. The minimum Gasteiger partial charge on any atom is -0.306 e. The summed E-state index contributed by atoms with van der Waals surface area (Å²) < 4.78 is 70.2. The third kappa shape index (κ3) is 12.6. The van der Waals surface area contributed by atoms with Gasteiger partial charge in [0.15, 0.2) is 31.0 Å². The van der Waals surface area contributed by atoms with Crippen molar-refractivity contribution >= 4 is 67.5 Å². The average molecular weight is 993 g/mol. The van der Waals surface area contributed by atoms with Gasteiger partial charge >= 0.3 is 12.1 Å². The van der Waals surface area contributed by atoms with E-state index in [0.717, 1.165) is 0 Å². The van der Waals surface area contributed by atoms with Gasteiger partial charge in [-0.3, -0.25) is 14.1 Å². The van der Waals surface area contributed by atoms with Crippen molar-refractivity contribution in [2.75, 3.05) is 10.6 Å². The summed E-state index contributed by atoms with van der Waals surface area (Å²) in [5, 5.41) is 31.8. The van der Waals surface area contributed by atoms with Crippen LogP contribution in [0.4, 0.5) is 29.7 Å². The van der Waals surface area contributed by atoms with Gasteiger partial charge < -0.3 is 10.6 Å². The van der Waals surface area contributed by atoms with Crippen LogP contribution in [0.1, 0.15) is 102 Å². The number of pyridine rings is 2. The molecule has 0 fully saturated rings. The van der Waals surface area contributed by atoms with Crippen molar-refractivity contribution in [3.05, 3.63) is 118 Å². The lowest BCUT2D eigenvalue weighted by Crippen LogP contribution is -2.34. The molecule has 4 amide bonds. The van der Waals surface area contributed by atoms with Crippen molar-refractivity contribution in [3.8, 4) is 34.4 Å². The van der Waals surface area contributed by atoms with E-state index in [1.165, 1.54) is 65.9 Å². The monoisotopic (exact) mass is 991 g/mol. The predicted octanol–water partition coefficient (Wildman–Crippen LogP) is 10.6. The Hall–Kier alpha value is -6.78. The smallest absolute Gasteiger partial charge is 0.306 e. The number of nitriles is 2. The molecule has 17 nitrogen and oxygen atoms in total. The minimum atomic E-state index is -3.91. The van der Waals surface area contributed by atoms with Crippen LogP contribution in [0.15, 0.2) is 83.4 Å². The molecule has 0 aliphatic heterocycles. The van der Waals surface area contributed by atoms with Crippen molar-refractivity contribution in [2.24, 2.45) is 0 Å². The van der Waals surface area contributed by atoms with Gasteiger partial charge in [-0.25, -0.2) is 46.3 Å². The molecule has 0 aliphatic rings. The molecule has 2 atom stereocenters. The van der Waals surface area contributed by atoms with Gasteiger partial charge in [0, 0.05) is 48.0 Å². The first-order valence-electron chi connectivity index (χ1n) is 20.3. The zero-order valence-electron chi connectivity index (χ0n) is 37.3. The van der Waals surface area contributed by atoms with Crippen molar-refractivity contribution in [1.82, 2.24) is 39.0 Å². The van der Waals surface area contributed by atoms with Crippen molar-refractivity contribution < 1.29 is 26.8 Å². The molecule has 0 bridgehead atoms. The molecule has 5 N–H and O–H groups in total. The van der Waals surface area contributed by atoms with Crippen LogP contribution < -0.4 is 20.1 Å². The van der Waals surface area contributed by atoms with E-state index in [1.807, 2.05) is 67.5 Å². The molecule has 4 aromatic heterocycles. The highest BCUT2D eigenvalue weighted by Crippen LogP contribution is 2.38. The molecule has 0 aliphatic carbocycles. The maximum Gasteiger partial charge on any atom is 0.332 e. The molecule has 67 heavy (non-hydrogen) atoms. The predicted molar refractivity (Wildman–Crippen MR) is 252 cm³/mol. The molecular weight excluding hydrogens is 948 g/mol. The van der Waals surface area contributed by atoms with Gasteiger partial charge in [-0.1, -0.05) is 50.9 Å². The van der Waals surface area contributed by atoms with Crippen LogP contribution in [0.2, 0.25) is 10.0 Å². The van der Waals surface area contributed by atoms with E-state index < -0.39 is 44.6 Å². The Bertz CT molecular complexity index is 3070. The van der Waals surface area contributed by atoms with Crippen LogP contribution in [0.5, 0.6) is 0 Å². The maximum atomic E-state index is 14.5. The highest BCUT2D eigenvalue weighted by atomic mass is 35.5. The number of nitrogens with zero attached hydrogens (tertiary/aromatic N) is 8. The standard InChI is InChI=1S/C22H23ClFN7O2S.C22H22ClFN6O2S/c1-12(2)17-8-15(24)9-18(14-5-6-27-16(7-14)10-25)20(17)28-22(32)30-34(26,33)21-19(23)11-31(29-21)13(3)4;1-12(2)17-8-15(24)9-18(14-5-6-26-16(7-14)10-25)20(17)27-22(31)29-33(32)21-19(23)11-30(28-21)13(3)4/h5-9,11-13H,1-4H3,(H3,26,28,30,32,33);5-9,11-13H,1-4H3,(H2,27,29,31). The number of hydrogen-bond donors (Lipinski definition) is 5. The molecule has 0 spiro atoms. The summed E-state index contributed by atoms with van der Waals surface area (Å²) in [4.78, 5) is 33.5. The molecule has 0 saturated heterocycles. The number of halogens is 4. The first-order chi connectivity index (χ1) is 31.5. The molecule has 350 valence electrons. The average Bonchev–Trinajstić information content (AvgIpc) is 3.88. The van der Waals surface area contributed by atoms with Gasteiger partial charge in [-0.2, -0.15) is 20.7 Å². The van der Waals surface area contributed by atoms with Crippen LogP contribution in [0.3, 0.4) is 0 Å². The van der Waals surface area contributed by atoms with Gasteiger partial charge in [-0.05, 0) is 110 Å². The topological polar surface area (TPSA) is 249 Å². The Morgan fingerprint density at radius 1 is 0.731 bits per heavy atom. The number of aromatic nitrogens is 6. The number of rotatable bonds is 12. The molecule has 0 saturated carbocycles. The number of amides is 4. The van der Waals surface area contributed by atoms with E-state index in [2.05, 4.69) is 40.2 Å². The second-order valence-electron chi connectivity index (χ2n) is 15.9. The number of carbonyl (C=O) groups excluding carboxylic acids is 2. The Kier molecular flexibility index (Phi) is 16.6. The second kappa shape index (κ2) is 21.7. The van der Waals surface area contributed by atoms with Crippen LogP contribution >= 0.6 is 23.2 Å². The molecular formula is C44H45Cl2F2N13O4S2. The summed E-state index contributed by atoms with van der Waals surface area (Å²) >= 11 is 12.2. The van der Waals surface area contributed by atoms with Crippen molar-refractivity contribution in [3.63, 3.8) is 0 Å². The Morgan fingerprint density at radius 3 is 1.60 bits per heavy atom. The molecule has 23 heteroatoms. The van der Waals surface area contributed by atoms with E-state index in [-0.39, 0.29) is 61.1 Å². The summed E-state index contributed by atoms with van der Waals surface area (Å²) in [5.74, 6) is -1.37. The fraction of sp³-hybridized carbons (Fsp3) is 0.273. The van der Waals surface area contributed by atoms with Crippen LogP contribution in [-0.4, -0.2) is 50.0 Å². The highest BCUT2D eigenvalue weighted by molar-refractivity contribution is 7.91. The van der Waals surface area contributed by atoms with Crippen LogP contribution in [-0.2, 0) is 20.9 Å². The number of nitrogens with one attached hydrogen (secondary N) is 5. The number of carbonyl (C=O) groups is 2. The zero-order chi connectivity index (χ0) is 49.5. The molecule has 2 aromatic carbocycles. The van der Waals surface area contributed by atoms with Gasteiger partial charge in [-0.15, -0.1) is 0 Å². The lowest BCUT2D eigenvalue weighted by molar-refractivity contribution is 0.256. The number of urea groups is 2. The third-order valence-corrected chi connectivity index (χ3v) is 12.7. The van der Waals surface area contributed by atoms with E-state index in [9.17, 15) is 32.0 Å². The molecule has 0 radical (unpaired) electrons. The Labute approximate surface area is 398 Å². The van der Waals surface area contributed by atoms with E-state index in [4.69, 9.17) is 33.2 Å². The molecule has 4 heterocycles. The van der Waals surface area contributed by atoms with Crippen molar-refractivity contribution in [2.45, 2.75) is 89.4 Å². The SMILES string of the molecule is CC(C)c1cc(F)cc(-c2ccnc(C#N)c2)c1NC(=O)NS(=N)(=O)c1nn(C(C)C)cc1Cl.CC(C)c1cc(F)cc(-c2ccnc(C#N)c2)c1NC(=O)NS(=O)c1nn(C(C)C)cc1Cl. The third-order valence-electron chi connectivity index (χ3n) is 9.60. The van der Waals surface area contributed by atoms with Gasteiger partial charge in [0.1, 0.15) is 35.2 Å². The summed E-state index contributed by atoms with van der Waals surface area (Å²) in [6, 6.07) is 13.3. The summed E-state index contributed by atoms with van der Waals surface area (Å²) in [6.07, 6.45) is 5.80. The Balaban J connectivity index is 0.000000251. The summed E-state index contributed by atoms with van der Waals surface area (Å²) in [6.45, 7) is 14.8. The fourth-order valence-electron chi connectivity index (χ4n) is 6.36. The molecule has 6 aromatic rings. The molecule has 2 unspecified atom stereocenters. The normalized spacial score (nSPS) is 12.4. The lowest BCUT2D eigenvalue weighted by atomic mass is 9.94. The highest BCUT2D eigenvalue weighted by Gasteiger charge is 2.25. The van der Waals surface area contributed by atoms with Gasteiger partial charge in [0.05, 0.1) is 21.4 Å². The van der Waals surface area contributed by atoms with Gasteiger partial charge in [0.25, 0.3) is 0 Å². The van der Waals surface area contributed by atoms with Crippen LogP contribution in [0, 0.1) is 39.1 Å². The van der Waals surface area contributed by atoms with Crippen molar-refractivity contribution in [1.29, 1.82) is 15.3 Å². The second-order valence-corrected chi connectivity index (χ2v) is 19.5. The quantitative estimate of drug-likeness (QED) is 0.0775. The largest absolute Gasteiger partial charge is 0.332 e. The number of anilines is 2. The fourth-order valence-corrected chi connectivity index (χ4v) is 8.84. The van der Waals surface area contributed by atoms with E-state index in [1.54, 1.807) is 16.8 Å². The van der Waals surface area contributed by atoms with E-state index in [0.29, 0.717) is 39.1 Å². The zero-order valence-corrected chi connectivity index (χ0v) is 40.4.